The van der Waals surface area contributed by atoms with Crippen molar-refractivity contribution in [2.45, 2.75) is 13.8 Å². The second-order valence-electron chi connectivity index (χ2n) is 8.67. The number of halogens is 1. The van der Waals surface area contributed by atoms with Gasteiger partial charge in [-0.1, -0.05) is 35.9 Å². The average molecular weight is 580 g/mol. The number of thioether (sulfide) groups is 1. The summed E-state index contributed by atoms with van der Waals surface area (Å²) in [5.74, 6) is -0.714. The van der Waals surface area contributed by atoms with E-state index in [0.29, 0.717) is 40.1 Å². The van der Waals surface area contributed by atoms with E-state index in [-0.39, 0.29) is 17.4 Å². The maximum atomic E-state index is 12.9. The molecule has 11 heteroatoms. The van der Waals surface area contributed by atoms with Crippen LogP contribution >= 0.6 is 23.4 Å². The van der Waals surface area contributed by atoms with Gasteiger partial charge in [-0.25, -0.2) is 0 Å². The SMILES string of the molecule is CCOc1cc(/C=C2/SC(=O)N(CC(=O)Nc3cccc(Cl)c3)C2=O)ccc1OCC(=O)Nc1cccc(C)c1. The summed E-state index contributed by atoms with van der Waals surface area (Å²) in [7, 11) is 0. The third kappa shape index (κ3) is 7.64. The van der Waals surface area contributed by atoms with Crippen molar-refractivity contribution in [2.75, 3.05) is 30.4 Å². The van der Waals surface area contributed by atoms with Gasteiger partial charge in [-0.3, -0.25) is 24.1 Å². The number of rotatable bonds is 10. The number of imide groups is 1. The second-order valence-corrected chi connectivity index (χ2v) is 10.1. The van der Waals surface area contributed by atoms with E-state index in [2.05, 4.69) is 10.6 Å². The Morgan fingerprint density at radius 1 is 0.925 bits per heavy atom. The Morgan fingerprint density at radius 2 is 1.65 bits per heavy atom. The fraction of sp³-hybridized carbons (Fsp3) is 0.172. The van der Waals surface area contributed by atoms with E-state index >= 15 is 0 Å². The van der Waals surface area contributed by atoms with Crippen molar-refractivity contribution in [2.24, 2.45) is 0 Å². The number of hydrogen-bond donors (Lipinski definition) is 2. The summed E-state index contributed by atoms with van der Waals surface area (Å²) in [6, 6.07) is 18.9. The molecule has 0 atom stereocenters. The van der Waals surface area contributed by atoms with Crippen LogP contribution in [0.5, 0.6) is 11.5 Å². The Labute approximate surface area is 240 Å². The molecule has 0 bridgehead atoms. The number of nitrogens with zero attached hydrogens (tertiary/aromatic N) is 1. The predicted molar refractivity (Wildman–Crippen MR) is 156 cm³/mol. The Hall–Kier alpha value is -4.28. The van der Waals surface area contributed by atoms with E-state index in [9.17, 15) is 19.2 Å². The largest absolute Gasteiger partial charge is 0.490 e. The van der Waals surface area contributed by atoms with E-state index < -0.39 is 23.6 Å². The van der Waals surface area contributed by atoms with Gasteiger partial charge in [-0.2, -0.15) is 0 Å². The molecule has 1 heterocycles. The van der Waals surface area contributed by atoms with Crippen LogP contribution in [-0.4, -0.2) is 47.6 Å². The first-order chi connectivity index (χ1) is 19.2. The number of hydrogen-bond acceptors (Lipinski definition) is 7. The van der Waals surface area contributed by atoms with Gasteiger partial charge in [-0.05, 0) is 85.3 Å². The molecule has 4 amide bonds. The Bertz CT molecular complexity index is 1490. The van der Waals surface area contributed by atoms with E-state index in [4.69, 9.17) is 21.1 Å². The molecule has 1 fully saturated rings. The maximum absolute atomic E-state index is 12.9. The van der Waals surface area contributed by atoms with Crippen molar-refractivity contribution in [3.63, 3.8) is 0 Å². The van der Waals surface area contributed by atoms with Crippen LogP contribution in [0.4, 0.5) is 16.2 Å². The molecule has 206 valence electrons. The lowest BCUT2D eigenvalue weighted by Crippen LogP contribution is -2.36. The highest BCUT2D eigenvalue weighted by Gasteiger charge is 2.36. The topological polar surface area (TPSA) is 114 Å². The van der Waals surface area contributed by atoms with Crippen LogP contribution < -0.4 is 20.1 Å². The molecule has 40 heavy (non-hydrogen) atoms. The molecule has 1 saturated heterocycles. The number of amides is 4. The van der Waals surface area contributed by atoms with Crippen LogP contribution in [0.2, 0.25) is 5.02 Å². The first-order valence-corrected chi connectivity index (χ1v) is 13.5. The van der Waals surface area contributed by atoms with Crippen LogP contribution in [0.3, 0.4) is 0 Å². The normalized spacial score (nSPS) is 13.9. The molecule has 3 aromatic rings. The predicted octanol–water partition coefficient (Wildman–Crippen LogP) is 5.74. The average Bonchev–Trinajstić information content (AvgIpc) is 3.15. The summed E-state index contributed by atoms with van der Waals surface area (Å²) in [4.78, 5) is 51.2. The van der Waals surface area contributed by atoms with Gasteiger partial charge < -0.3 is 20.1 Å². The van der Waals surface area contributed by atoms with E-state index in [1.807, 2.05) is 25.1 Å². The Kier molecular flexibility index (Phi) is 9.47. The number of carbonyl (C=O) groups excluding carboxylic acids is 4. The fourth-order valence-electron chi connectivity index (χ4n) is 3.76. The van der Waals surface area contributed by atoms with Gasteiger partial charge >= 0.3 is 0 Å². The first-order valence-electron chi connectivity index (χ1n) is 12.3. The quantitative estimate of drug-likeness (QED) is 0.294. The van der Waals surface area contributed by atoms with E-state index in [1.54, 1.807) is 55.5 Å². The monoisotopic (exact) mass is 579 g/mol. The molecule has 1 aliphatic rings. The Morgan fingerprint density at radius 3 is 2.38 bits per heavy atom. The van der Waals surface area contributed by atoms with Gasteiger partial charge in [0.25, 0.3) is 17.1 Å². The van der Waals surface area contributed by atoms with E-state index in [1.165, 1.54) is 6.08 Å². The number of nitrogens with one attached hydrogen (secondary N) is 2. The van der Waals surface area contributed by atoms with Crippen LogP contribution in [0.25, 0.3) is 6.08 Å². The van der Waals surface area contributed by atoms with Crippen LogP contribution in [0, 0.1) is 6.92 Å². The lowest BCUT2D eigenvalue weighted by molar-refractivity contribution is -0.127. The first kappa shape index (κ1) is 28.7. The maximum Gasteiger partial charge on any atom is 0.294 e. The number of carbonyl (C=O) groups is 4. The molecule has 0 spiro atoms. The highest BCUT2D eigenvalue weighted by atomic mass is 35.5. The molecule has 9 nitrogen and oxygen atoms in total. The summed E-state index contributed by atoms with van der Waals surface area (Å²) in [6.45, 7) is 3.41. The van der Waals surface area contributed by atoms with Gasteiger partial charge in [-0.15, -0.1) is 0 Å². The molecule has 0 radical (unpaired) electrons. The summed E-state index contributed by atoms with van der Waals surface area (Å²) in [6.07, 6.45) is 1.54. The molecule has 3 aromatic carbocycles. The van der Waals surface area contributed by atoms with E-state index in [0.717, 1.165) is 22.2 Å². The minimum Gasteiger partial charge on any atom is -0.490 e. The van der Waals surface area contributed by atoms with Crippen molar-refractivity contribution in [3.8, 4) is 11.5 Å². The van der Waals surface area contributed by atoms with Gasteiger partial charge in [0.2, 0.25) is 5.91 Å². The molecule has 2 N–H and O–H groups in total. The third-order valence-corrected chi connectivity index (χ3v) is 6.65. The lowest BCUT2D eigenvalue weighted by Gasteiger charge is -2.13. The minimum absolute atomic E-state index is 0.161. The number of benzene rings is 3. The summed E-state index contributed by atoms with van der Waals surface area (Å²) in [5.41, 5.74) is 2.73. The van der Waals surface area contributed by atoms with Gasteiger partial charge in [0.1, 0.15) is 6.54 Å². The highest BCUT2D eigenvalue weighted by molar-refractivity contribution is 8.18. The van der Waals surface area contributed by atoms with Crippen molar-refractivity contribution < 1.29 is 28.7 Å². The lowest BCUT2D eigenvalue weighted by atomic mass is 10.2. The third-order valence-electron chi connectivity index (χ3n) is 5.51. The molecule has 0 aromatic heterocycles. The number of ether oxygens (including phenoxy) is 2. The van der Waals surface area contributed by atoms with Gasteiger partial charge in [0, 0.05) is 16.4 Å². The molecule has 0 unspecified atom stereocenters. The molecule has 0 saturated carbocycles. The molecular formula is C29H26ClN3O6S. The van der Waals surface area contributed by atoms with Crippen LogP contribution in [0.15, 0.2) is 71.6 Å². The van der Waals surface area contributed by atoms with Crippen molar-refractivity contribution in [3.05, 3.63) is 87.8 Å². The fourth-order valence-corrected chi connectivity index (χ4v) is 4.79. The summed E-state index contributed by atoms with van der Waals surface area (Å²) >= 11 is 6.67. The molecule has 1 aliphatic heterocycles. The number of aryl methyl sites for hydroxylation is 1. The van der Waals surface area contributed by atoms with Crippen molar-refractivity contribution in [1.29, 1.82) is 0 Å². The molecule has 4 rings (SSSR count). The zero-order valence-electron chi connectivity index (χ0n) is 21.7. The van der Waals surface area contributed by atoms with Crippen LogP contribution in [-0.2, 0) is 14.4 Å². The smallest absolute Gasteiger partial charge is 0.294 e. The molecular weight excluding hydrogens is 554 g/mol. The van der Waals surface area contributed by atoms with Crippen molar-refractivity contribution in [1.82, 2.24) is 4.90 Å². The minimum atomic E-state index is -0.581. The van der Waals surface area contributed by atoms with Crippen molar-refractivity contribution >= 4 is 63.8 Å². The second kappa shape index (κ2) is 13.2. The Balaban J connectivity index is 1.40. The molecule has 0 aliphatic carbocycles. The summed E-state index contributed by atoms with van der Waals surface area (Å²) < 4.78 is 11.4. The van der Waals surface area contributed by atoms with Gasteiger partial charge in [0.05, 0.1) is 11.5 Å². The zero-order valence-corrected chi connectivity index (χ0v) is 23.3. The standard InChI is InChI=1S/C29H26ClN3O6S/c1-3-38-24-13-19(10-11-23(24)39-17-27(35)32-21-8-4-6-18(2)12-21)14-25-28(36)33(29(37)40-25)16-26(34)31-22-9-5-7-20(30)15-22/h4-15H,3,16-17H2,1-2H3,(H,31,34)(H,32,35)/b25-14+. The zero-order chi connectivity index (χ0) is 28.6. The highest BCUT2D eigenvalue weighted by Crippen LogP contribution is 2.34. The van der Waals surface area contributed by atoms with Crippen LogP contribution in [0.1, 0.15) is 18.1 Å². The summed E-state index contributed by atoms with van der Waals surface area (Å²) in [5, 5.41) is 5.29. The van der Waals surface area contributed by atoms with Gasteiger partial charge in [0.15, 0.2) is 18.1 Å². The number of anilines is 2.